The van der Waals surface area contributed by atoms with Crippen LogP contribution < -0.4 is 5.32 Å². The van der Waals surface area contributed by atoms with Gasteiger partial charge in [-0.1, -0.05) is 20.8 Å². The molecule has 5 heteroatoms. The summed E-state index contributed by atoms with van der Waals surface area (Å²) in [6.07, 6.45) is 2.94. The van der Waals surface area contributed by atoms with E-state index in [1.54, 1.807) is 0 Å². The van der Waals surface area contributed by atoms with Crippen LogP contribution in [0.3, 0.4) is 0 Å². The van der Waals surface area contributed by atoms with Crippen molar-refractivity contribution in [2.45, 2.75) is 53.0 Å². The normalized spacial score (nSPS) is 18.1. The molecule has 0 spiro atoms. The predicted octanol–water partition coefficient (Wildman–Crippen LogP) is 3.82. The molecule has 1 aromatic rings. The first kappa shape index (κ1) is 17.4. The maximum atomic E-state index is 13.7. The van der Waals surface area contributed by atoms with E-state index >= 15 is 0 Å². The molecule has 1 aromatic carbocycles. The Balaban J connectivity index is 2.20. The van der Waals surface area contributed by atoms with Crippen molar-refractivity contribution in [1.82, 2.24) is 4.90 Å². The average Bonchev–Trinajstić information content (AvgIpc) is 2.85. The van der Waals surface area contributed by atoms with Crippen molar-refractivity contribution in [2.75, 3.05) is 11.9 Å². The zero-order valence-corrected chi connectivity index (χ0v) is 14.3. The molecule has 1 aliphatic rings. The summed E-state index contributed by atoms with van der Waals surface area (Å²) in [5.41, 5.74) is 0.614. The number of nitrogens with one attached hydrogen (secondary N) is 1. The van der Waals surface area contributed by atoms with Crippen LogP contribution in [0.25, 0.3) is 0 Å². The topological polar surface area (TPSA) is 49.4 Å². The second-order valence-corrected chi connectivity index (χ2v) is 7.44. The summed E-state index contributed by atoms with van der Waals surface area (Å²) in [4.78, 5) is 25.8. The van der Waals surface area contributed by atoms with Gasteiger partial charge in [0.25, 0.3) is 5.91 Å². The number of benzene rings is 1. The minimum Gasteiger partial charge on any atom is -0.336 e. The smallest absolute Gasteiger partial charge is 0.254 e. The Bertz CT molecular complexity index is 608. The lowest BCUT2D eigenvalue weighted by molar-refractivity contribution is -0.114. The number of halogens is 1. The largest absolute Gasteiger partial charge is 0.336 e. The lowest BCUT2D eigenvalue weighted by Crippen LogP contribution is -2.37. The Morgan fingerprint density at radius 2 is 2.04 bits per heavy atom. The molecule has 0 aromatic heterocycles. The summed E-state index contributed by atoms with van der Waals surface area (Å²) in [6, 6.07) is 4.35. The molecule has 0 bridgehead atoms. The Kier molecular flexibility index (Phi) is 5.07. The SMILES string of the molecule is CC(=O)Nc1cc(C(=O)N2CCC[C@H]2CC(C)(C)C)ccc1F. The van der Waals surface area contributed by atoms with E-state index in [1.165, 1.54) is 25.1 Å². The van der Waals surface area contributed by atoms with Crippen molar-refractivity contribution in [3.8, 4) is 0 Å². The molecule has 1 atom stereocenters. The third-order valence-corrected chi connectivity index (χ3v) is 4.01. The standard InChI is InChI=1S/C18H25FN2O2/c1-12(22)20-16-10-13(7-8-15(16)19)17(23)21-9-5-6-14(21)11-18(2,3)4/h7-8,10,14H,5-6,9,11H2,1-4H3,(H,20,22)/t14-/m0/s1. The summed E-state index contributed by atoms with van der Waals surface area (Å²) in [5, 5.41) is 2.42. The van der Waals surface area contributed by atoms with Gasteiger partial charge >= 0.3 is 0 Å². The first-order valence-corrected chi connectivity index (χ1v) is 8.05. The molecular formula is C18H25FN2O2. The van der Waals surface area contributed by atoms with E-state index in [4.69, 9.17) is 0 Å². The van der Waals surface area contributed by atoms with Gasteiger partial charge < -0.3 is 10.2 Å². The Hall–Kier alpha value is -1.91. The number of anilines is 1. The van der Waals surface area contributed by atoms with Crippen LogP contribution in [0.2, 0.25) is 0 Å². The molecule has 1 heterocycles. The number of amides is 2. The minimum atomic E-state index is -0.538. The highest BCUT2D eigenvalue weighted by Gasteiger charge is 2.32. The van der Waals surface area contributed by atoms with E-state index in [0.717, 1.165) is 25.8 Å². The Morgan fingerprint density at radius 1 is 1.35 bits per heavy atom. The summed E-state index contributed by atoms with van der Waals surface area (Å²) in [7, 11) is 0. The van der Waals surface area contributed by atoms with Crippen molar-refractivity contribution in [3.05, 3.63) is 29.6 Å². The molecule has 4 nitrogen and oxygen atoms in total. The van der Waals surface area contributed by atoms with Crippen molar-refractivity contribution in [3.63, 3.8) is 0 Å². The van der Waals surface area contributed by atoms with Crippen LogP contribution >= 0.6 is 0 Å². The van der Waals surface area contributed by atoms with Crippen molar-refractivity contribution < 1.29 is 14.0 Å². The number of rotatable bonds is 3. The van der Waals surface area contributed by atoms with Crippen molar-refractivity contribution in [1.29, 1.82) is 0 Å². The molecule has 23 heavy (non-hydrogen) atoms. The molecule has 0 saturated carbocycles. The van der Waals surface area contributed by atoms with Crippen LogP contribution in [0, 0.1) is 11.2 Å². The predicted molar refractivity (Wildman–Crippen MR) is 88.8 cm³/mol. The summed E-state index contributed by atoms with van der Waals surface area (Å²) >= 11 is 0. The fourth-order valence-corrected chi connectivity index (χ4v) is 3.13. The van der Waals surface area contributed by atoms with Crippen LogP contribution in [-0.4, -0.2) is 29.3 Å². The number of carbonyl (C=O) groups is 2. The third kappa shape index (κ3) is 4.53. The number of carbonyl (C=O) groups excluding carboxylic acids is 2. The molecule has 2 amide bonds. The fraction of sp³-hybridized carbons (Fsp3) is 0.556. The second kappa shape index (κ2) is 6.69. The van der Waals surface area contributed by atoms with Crippen LogP contribution in [0.5, 0.6) is 0 Å². The first-order chi connectivity index (χ1) is 10.7. The van der Waals surface area contributed by atoms with E-state index < -0.39 is 5.82 Å². The molecule has 1 aliphatic heterocycles. The highest BCUT2D eigenvalue weighted by atomic mass is 19.1. The Labute approximate surface area is 137 Å². The molecule has 1 N–H and O–H groups in total. The zero-order chi connectivity index (χ0) is 17.2. The van der Waals surface area contributed by atoms with Gasteiger partial charge in [-0.25, -0.2) is 4.39 Å². The van der Waals surface area contributed by atoms with Gasteiger partial charge in [-0.3, -0.25) is 9.59 Å². The highest BCUT2D eigenvalue weighted by molar-refractivity contribution is 5.97. The zero-order valence-electron chi connectivity index (χ0n) is 14.3. The van der Waals surface area contributed by atoms with Gasteiger partial charge in [0.2, 0.25) is 5.91 Å². The van der Waals surface area contributed by atoms with Gasteiger partial charge in [0, 0.05) is 25.1 Å². The van der Waals surface area contributed by atoms with Crippen molar-refractivity contribution in [2.24, 2.45) is 5.41 Å². The maximum absolute atomic E-state index is 13.7. The maximum Gasteiger partial charge on any atom is 0.254 e. The van der Waals surface area contributed by atoms with Crippen LogP contribution in [0.4, 0.5) is 10.1 Å². The minimum absolute atomic E-state index is 0.0509. The monoisotopic (exact) mass is 320 g/mol. The lowest BCUT2D eigenvalue weighted by atomic mass is 9.87. The summed E-state index contributed by atoms with van der Waals surface area (Å²) in [5.74, 6) is -0.993. The number of hydrogen-bond donors (Lipinski definition) is 1. The molecule has 126 valence electrons. The fourth-order valence-electron chi connectivity index (χ4n) is 3.13. The first-order valence-electron chi connectivity index (χ1n) is 8.05. The molecule has 1 saturated heterocycles. The van der Waals surface area contributed by atoms with E-state index in [9.17, 15) is 14.0 Å². The van der Waals surface area contributed by atoms with Gasteiger partial charge in [0.1, 0.15) is 5.82 Å². The molecule has 1 fully saturated rings. The molecule has 0 unspecified atom stereocenters. The number of nitrogens with zero attached hydrogens (tertiary/aromatic N) is 1. The quantitative estimate of drug-likeness (QED) is 0.920. The lowest BCUT2D eigenvalue weighted by Gasteiger charge is -2.30. The van der Waals surface area contributed by atoms with E-state index in [2.05, 4.69) is 26.1 Å². The van der Waals surface area contributed by atoms with Gasteiger partial charge in [-0.2, -0.15) is 0 Å². The van der Waals surface area contributed by atoms with Gasteiger partial charge in [-0.05, 0) is 42.9 Å². The van der Waals surface area contributed by atoms with Crippen molar-refractivity contribution >= 4 is 17.5 Å². The van der Waals surface area contributed by atoms with Crippen LogP contribution in [-0.2, 0) is 4.79 Å². The molecular weight excluding hydrogens is 295 g/mol. The number of likely N-dealkylation sites (tertiary alicyclic amines) is 1. The van der Waals surface area contributed by atoms with Crippen LogP contribution in [0.1, 0.15) is 57.3 Å². The number of hydrogen-bond acceptors (Lipinski definition) is 2. The molecule has 0 aliphatic carbocycles. The van der Waals surface area contributed by atoms with E-state index in [0.29, 0.717) is 5.56 Å². The average molecular weight is 320 g/mol. The van der Waals surface area contributed by atoms with Gasteiger partial charge in [0.05, 0.1) is 5.69 Å². The highest BCUT2D eigenvalue weighted by Crippen LogP contribution is 2.31. The van der Waals surface area contributed by atoms with Crippen LogP contribution in [0.15, 0.2) is 18.2 Å². The molecule has 2 rings (SSSR count). The second-order valence-electron chi connectivity index (χ2n) is 7.44. The molecule has 0 radical (unpaired) electrons. The Morgan fingerprint density at radius 3 is 2.65 bits per heavy atom. The van der Waals surface area contributed by atoms with E-state index in [-0.39, 0.29) is 29.0 Å². The van der Waals surface area contributed by atoms with E-state index in [1.807, 2.05) is 4.90 Å². The summed E-state index contributed by atoms with van der Waals surface area (Å²) < 4.78 is 13.7. The van der Waals surface area contributed by atoms with Gasteiger partial charge in [0.15, 0.2) is 0 Å². The third-order valence-electron chi connectivity index (χ3n) is 4.01. The summed E-state index contributed by atoms with van der Waals surface area (Å²) in [6.45, 7) is 8.54. The van der Waals surface area contributed by atoms with Gasteiger partial charge in [-0.15, -0.1) is 0 Å².